The van der Waals surface area contributed by atoms with Gasteiger partial charge in [0.25, 0.3) is 0 Å². The Bertz CT molecular complexity index is 525. The van der Waals surface area contributed by atoms with Crippen LogP contribution in [0.5, 0.6) is 0 Å². The highest BCUT2D eigenvalue weighted by Crippen LogP contribution is 2.36. The Hall–Kier alpha value is -1.35. The largest absolute Gasteiger partial charge is 0.337 e. The van der Waals surface area contributed by atoms with E-state index >= 15 is 0 Å². The number of hydrogen-bond acceptors (Lipinski definition) is 2. The predicted molar refractivity (Wildman–Crippen MR) is 73.9 cm³/mol. The molecule has 1 N–H and O–H groups in total. The number of carbonyl (C=O) groups is 1. The first-order valence-electron chi connectivity index (χ1n) is 7.48. The summed E-state index contributed by atoms with van der Waals surface area (Å²) in [5.74, 6) is 0.351. The number of nitrogens with zero attached hydrogens (tertiary/aromatic N) is 1. The molecule has 3 heteroatoms. The molecular formula is C16H20N2O. The van der Waals surface area contributed by atoms with Crippen LogP contribution in [0.3, 0.4) is 0 Å². The Morgan fingerprint density at radius 1 is 1.21 bits per heavy atom. The van der Waals surface area contributed by atoms with Crippen LogP contribution in [0.1, 0.15) is 42.0 Å². The van der Waals surface area contributed by atoms with Crippen molar-refractivity contribution in [3.63, 3.8) is 0 Å². The van der Waals surface area contributed by atoms with Crippen molar-refractivity contribution in [1.29, 1.82) is 0 Å². The molecule has 2 aliphatic heterocycles. The van der Waals surface area contributed by atoms with Gasteiger partial charge in [0.05, 0.1) is 12.1 Å². The van der Waals surface area contributed by atoms with Gasteiger partial charge in [0.1, 0.15) is 0 Å². The molecule has 100 valence electrons. The third kappa shape index (κ3) is 1.71. The van der Waals surface area contributed by atoms with Crippen molar-refractivity contribution in [2.45, 2.75) is 44.2 Å². The third-order valence-corrected chi connectivity index (χ3v) is 4.99. The van der Waals surface area contributed by atoms with Gasteiger partial charge >= 0.3 is 0 Å². The molecule has 3 nitrogen and oxygen atoms in total. The molecule has 0 radical (unpaired) electrons. The lowest BCUT2D eigenvalue weighted by Crippen LogP contribution is -2.51. The van der Waals surface area contributed by atoms with Gasteiger partial charge in [0.2, 0.25) is 5.91 Å². The van der Waals surface area contributed by atoms with Crippen molar-refractivity contribution in [3.8, 4) is 0 Å². The van der Waals surface area contributed by atoms with Crippen molar-refractivity contribution in [2.24, 2.45) is 0 Å². The summed E-state index contributed by atoms with van der Waals surface area (Å²) in [6, 6.07) is 7.47. The van der Waals surface area contributed by atoms with Gasteiger partial charge in [0, 0.05) is 19.5 Å². The quantitative estimate of drug-likeness (QED) is 0.831. The molecule has 2 heterocycles. The van der Waals surface area contributed by atoms with Gasteiger partial charge in [-0.1, -0.05) is 18.2 Å². The molecule has 0 bridgehead atoms. The third-order valence-electron chi connectivity index (χ3n) is 4.99. The molecule has 0 unspecified atom stereocenters. The lowest BCUT2D eigenvalue weighted by molar-refractivity contribution is -0.130. The first-order valence-corrected chi connectivity index (χ1v) is 7.48. The van der Waals surface area contributed by atoms with Gasteiger partial charge in [-0.05, 0) is 42.4 Å². The summed E-state index contributed by atoms with van der Waals surface area (Å²) < 4.78 is 0. The zero-order valence-corrected chi connectivity index (χ0v) is 11.2. The van der Waals surface area contributed by atoms with Crippen LogP contribution < -0.4 is 5.32 Å². The Morgan fingerprint density at radius 3 is 3.11 bits per heavy atom. The van der Waals surface area contributed by atoms with Crippen molar-refractivity contribution >= 4 is 5.91 Å². The number of piperazine rings is 1. The second-order valence-electron chi connectivity index (χ2n) is 5.96. The molecule has 0 saturated carbocycles. The molecule has 2 saturated heterocycles. The number of rotatable bonds is 1. The Balaban J connectivity index is 1.72. The summed E-state index contributed by atoms with van der Waals surface area (Å²) in [5.41, 5.74) is 4.54. The van der Waals surface area contributed by atoms with E-state index in [4.69, 9.17) is 0 Å². The standard InChI is InChI=1S/C16H20N2O/c19-15-8-7-14-16(17-9-10-18(14)15)13-6-2-4-11-3-1-5-12(11)13/h2,4,6,14,16-17H,1,3,5,7-10H2/t14-,16-/m0/s1. The van der Waals surface area contributed by atoms with Crippen molar-refractivity contribution < 1.29 is 4.79 Å². The first-order chi connectivity index (χ1) is 9.34. The predicted octanol–water partition coefficient (Wildman–Crippen LogP) is 1.81. The minimum absolute atomic E-state index is 0.351. The molecule has 2 atom stereocenters. The highest BCUT2D eigenvalue weighted by Gasteiger charge is 2.40. The van der Waals surface area contributed by atoms with Gasteiger partial charge in [-0.3, -0.25) is 4.79 Å². The lowest BCUT2D eigenvalue weighted by Gasteiger charge is -2.38. The first kappa shape index (κ1) is 11.5. The van der Waals surface area contributed by atoms with Gasteiger partial charge in [0.15, 0.2) is 0 Å². The normalized spacial score (nSPS) is 29.5. The van der Waals surface area contributed by atoms with Crippen LogP contribution in [-0.4, -0.2) is 29.9 Å². The van der Waals surface area contributed by atoms with E-state index in [0.29, 0.717) is 18.0 Å². The molecular weight excluding hydrogens is 236 g/mol. The summed E-state index contributed by atoms with van der Waals surface area (Å²) >= 11 is 0. The molecule has 19 heavy (non-hydrogen) atoms. The van der Waals surface area contributed by atoms with E-state index in [2.05, 4.69) is 28.4 Å². The second kappa shape index (κ2) is 4.34. The second-order valence-corrected chi connectivity index (χ2v) is 5.96. The summed E-state index contributed by atoms with van der Waals surface area (Å²) in [4.78, 5) is 14.0. The van der Waals surface area contributed by atoms with Crippen molar-refractivity contribution in [2.75, 3.05) is 13.1 Å². The van der Waals surface area contributed by atoms with Crippen molar-refractivity contribution in [3.05, 3.63) is 34.9 Å². The Kier molecular flexibility index (Phi) is 2.62. The topological polar surface area (TPSA) is 32.3 Å². The fraction of sp³-hybridized carbons (Fsp3) is 0.562. The maximum atomic E-state index is 11.9. The molecule has 3 aliphatic rings. The summed E-state index contributed by atoms with van der Waals surface area (Å²) in [7, 11) is 0. The molecule has 1 amide bonds. The minimum atomic E-state index is 0.351. The zero-order chi connectivity index (χ0) is 12.8. The van der Waals surface area contributed by atoms with E-state index in [-0.39, 0.29) is 0 Å². The van der Waals surface area contributed by atoms with Gasteiger partial charge in [-0.25, -0.2) is 0 Å². The van der Waals surface area contributed by atoms with Gasteiger partial charge in [-0.2, -0.15) is 0 Å². The van der Waals surface area contributed by atoms with Crippen LogP contribution in [0.4, 0.5) is 0 Å². The van der Waals surface area contributed by atoms with Gasteiger partial charge in [-0.15, -0.1) is 0 Å². The molecule has 0 aromatic heterocycles. The molecule has 1 aromatic carbocycles. The van der Waals surface area contributed by atoms with Crippen LogP contribution in [0.15, 0.2) is 18.2 Å². The Morgan fingerprint density at radius 2 is 2.16 bits per heavy atom. The number of nitrogens with one attached hydrogen (secondary N) is 1. The summed E-state index contributed by atoms with van der Waals surface area (Å²) in [6.45, 7) is 1.81. The van der Waals surface area contributed by atoms with E-state index in [1.165, 1.54) is 30.4 Å². The van der Waals surface area contributed by atoms with Crippen LogP contribution >= 0.6 is 0 Å². The van der Waals surface area contributed by atoms with E-state index in [0.717, 1.165) is 25.9 Å². The number of benzene rings is 1. The number of hydrogen-bond donors (Lipinski definition) is 1. The molecule has 2 fully saturated rings. The number of amides is 1. The van der Waals surface area contributed by atoms with E-state index in [1.807, 2.05) is 0 Å². The van der Waals surface area contributed by atoms with Gasteiger partial charge < -0.3 is 10.2 Å². The van der Waals surface area contributed by atoms with E-state index < -0.39 is 0 Å². The zero-order valence-electron chi connectivity index (χ0n) is 11.2. The molecule has 4 rings (SSSR count). The molecule has 0 spiro atoms. The number of fused-ring (bicyclic) bond motifs is 2. The minimum Gasteiger partial charge on any atom is -0.337 e. The number of carbonyl (C=O) groups excluding carboxylic acids is 1. The maximum absolute atomic E-state index is 11.9. The average Bonchev–Trinajstić information content (AvgIpc) is 3.05. The SMILES string of the molecule is O=C1CC[C@H]2[C@H](c3cccc4c3CCC4)NCCN12. The Labute approximate surface area is 114 Å². The van der Waals surface area contributed by atoms with E-state index in [1.54, 1.807) is 5.56 Å². The fourth-order valence-corrected chi connectivity index (χ4v) is 4.13. The van der Waals surface area contributed by atoms with E-state index in [9.17, 15) is 4.79 Å². The average molecular weight is 256 g/mol. The van der Waals surface area contributed by atoms with Crippen LogP contribution in [-0.2, 0) is 17.6 Å². The molecule has 1 aliphatic carbocycles. The fourth-order valence-electron chi connectivity index (χ4n) is 4.13. The highest BCUT2D eigenvalue weighted by atomic mass is 16.2. The van der Waals surface area contributed by atoms with Crippen LogP contribution in [0.2, 0.25) is 0 Å². The number of aryl methyl sites for hydroxylation is 1. The smallest absolute Gasteiger partial charge is 0.223 e. The lowest BCUT2D eigenvalue weighted by atomic mass is 9.90. The highest BCUT2D eigenvalue weighted by molar-refractivity contribution is 5.79. The maximum Gasteiger partial charge on any atom is 0.223 e. The summed E-state index contributed by atoms with van der Waals surface area (Å²) in [5, 5.41) is 3.66. The van der Waals surface area contributed by atoms with Crippen molar-refractivity contribution in [1.82, 2.24) is 10.2 Å². The monoisotopic (exact) mass is 256 g/mol. The van der Waals surface area contributed by atoms with Crippen LogP contribution in [0, 0.1) is 0 Å². The van der Waals surface area contributed by atoms with Crippen LogP contribution in [0.25, 0.3) is 0 Å². The molecule has 1 aromatic rings. The summed E-state index contributed by atoms with van der Waals surface area (Å²) in [6.07, 6.45) is 5.47.